The molecule has 0 rings (SSSR count). The van der Waals surface area contributed by atoms with Gasteiger partial charge in [0.15, 0.2) is 6.10 Å². The van der Waals surface area contributed by atoms with Crippen LogP contribution in [0.15, 0.2) is 24.3 Å². The first-order chi connectivity index (χ1) is 35.0. The summed E-state index contributed by atoms with van der Waals surface area (Å²) < 4.78 is 16.9. The van der Waals surface area contributed by atoms with Crippen LogP contribution in [0, 0.1) is 0 Å². The van der Waals surface area contributed by atoms with E-state index in [1.807, 2.05) is 0 Å². The third kappa shape index (κ3) is 58.7. The predicted octanol–water partition coefficient (Wildman–Crippen LogP) is 21.4. The molecule has 0 saturated carbocycles. The number of carbonyl (C=O) groups is 3. The van der Waals surface area contributed by atoms with E-state index in [1.54, 1.807) is 0 Å². The fraction of sp³-hybridized carbons (Fsp3) is 0.892. The second-order valence-electron chi connectivity index (χ2n) is 21.7. The lowest BCUT2D eigenvalue weighted by atomic mass is 10.0. The molecule has 0 bridgehead atoms. The van der Waals surface area contributed by atoms with Gasteiger partial charge in [-0.05, 0) is 70.6 Å². The number of ether oxygens (including phenoxy) is 3. The van der Waals surface area contributed by atoms with E-state index in [0.29, 0.717) is 19.3 Å². The summed E-state index contributed by atoms with van der Waals surface area (Å²) >= 11 is 0. The summed E-state index contributed by atoms with van der Waals surface area (Å²) in [5.74, 6) is -0.844. The van der Waals surface area contributed by atoms with Crippen LogP contribution < -0.4 is 0 Å². The zero-order chi connectivity index (χ0) is 51.4. The van der Waals surface area contributed by atoms with Gasteiger partial charge in [0, 0.05) is 19.3 Å². The molecule has 0 aliphatic heterocycles. The lowest BCUT2D eigenvalue weighted by Crippen LogP contribution is -2.30. The smallest absolute Gasteiger partial charge is 0.306 e. The van der Waals surface area contributed by atoms with Gasteiger partial charge in [-0.1, -0.05) is 289 Å². The average Bonchev–Trinajstić information content (AvgIpc) is 3.37. The molecule has 0 N–H and O–H groups in total. The normalized spacial score (nSPS) is 12.1. The number of hydrogen-bond acceptors (Lipinski definition) is 6. The van der Waals surface area contributed by atoms with Crippen LogP contribution in [0.25, 0.3) is 0 Å². The lowest BCUT2D eigenvalue weighted by Gasteiger charge is -2.18. The Morgan fingerprint density at radius 1 is 0.268 bits per heavy atom. The maximum Gasteiger partial charge on any atom is 0.306 e. The third-order valence-electron chi connectivity index (χ3n) is 14.4. The van der Waals surface area contributed by atoms with Crippen LogP contribution in [0.2, 0.25) is 0 Å². The molecule has 0 spiro atoms. The van der Waals surface area contributed by atoms with Gasteiger partial charge in [-0.2, -0.15) is 0 Å². The number of allylic oxidation sites excluding steroid dienone is 4. The molecule has 0 fully saturated rings. The zero-order valence-corrected chi connectivity index (χ0v) is 48.0. The van der Waals surface area contributed by atoms with Crippen molar-refractivity contribution in [3.63, 3.8) is 0 Å². The van der Waals surface area contributed by atoms with E-state index in [4.69, 9.17) is 14.2 Å². The molecule has 1 atom stereocenters. The van der Waals surface area contributed by atoms with Gasteiger partial charge >= 0.3 is 17.9 Å². The zero-order valence-electron chi connectivity index (χ0n) is 48.0. The van der Waals surface area contributed by atoms with Crippen LogP contribution in [-0.2, 0) is 28.6 Å². The summed E-state index contributed by atoms with van der Waals surface area (Å²) in [6, 6.07) is 0. The number of esters is 3. The molecule has 0 aliphatic carbocycles. The minimum Gasteiger partial charge on any atom is -0.462 e. The number of rotatable bonds is 59. The Morgan fingerprint density at radius 2 is 0.465 bits per heavy atom. The maximum atomic E-state index is 12.9. The maximum absolute atomic E-state index is 12.9. The Balaban J connectivity index is 4.26. The predicted molar refractivity (Wildman–Crippen MR) is 307 cm³/mol. The van der Waals surface area contributed by atoms with Crippen molar-refractivity contribution < 1.29 is 28.6 Å². The van der Waals surface area contributed by atoms with E-state index in [9.17, 15) is 14.4 Å². The Kier molecular flexibility index (Phi) is 58.6. The van der Waals surface area contributed by atoms with Crippen LogP contribution in [0.4, 0.5) is 0 Å². The van der Waals surface area contributed by atoms with Crippen LogP contribution in [0.3, 0.4) is 0 Å². The standard InChI is InChI=1S/C65H122O6/c1-4-7-10-13-16-19-22-25-27-29-31-32-34-36-38-41-43-46-49-52-55-58-64(67)70-61-62(71-65(68)59-56-53-50-47-44-39-24-21-18-15-12-9-6-3)60-69-63(66)57-54-51-48-45-42-40-37-35-33-30-28-26-23-20-17-14-11-8-5-2/h25-28,62H,4-24,29-61H2,1-3H3/b27-25-,28-26-/t62-/m0/s1. The SMILES string of the molecule is CCCCCCCC/C=C\CCCCCCCCCCCCCC(=O)OC[C@H](COC(=O)CCCCCCCCCCC/C=C\CCCCCCCC)OC(=O)CCCCCCCCCCCCCCC. The topological polar surface area (TPSA) is 78.9 Å². The van der Waals surface area contributed by atoms with Crippen molar-refractivity contribution >= 4 is 17.9 Å². The first-order valence-electron chi connectivity index (χ1n) is 31.8. The van der Waals surface area contributed by atoms with Crippen LogP contribution in [-0.4, -0.2) is 37.2 Å². The molecule has 418 valence electrons. The molecule has 0 aromatic carbocycles. The highest BCUT2D eigenvalue weighted by atomic mass is 16.6. The van der Waals surface area contributed by atoms with Gasteiger partial charge in [-0.15, -0.1) is 0 Å². The Bertz CT molecular complexity index is 1150. The van der Waals surface area contributed by atoms with E-state index < -0.39 is 6.10 Å². The molecular weight excluding hydrogens is 877 g/mol. The van der Waals surface area contributed by atoms with Gasteiger partial charge in [-0.25, -0.2) is 0 Å². The largest absolute Gasteiger partial charge is 0.462 e. The Morgan fingerprint density at radius 3 is 0.704 bits per heavy atom. The van der Waals surface area contributed by atoms with Gasteiger partial charge in [0.05, 0.1) is 0 Å². The van der Waals surface area contributed by atoms with E-state index in [2.05, 4.69) is 45.1 Å². The van der Waals surface area contributed by atoms with Crippen molar-refractivity contribution in [2.45, 2.75) is 361 Å². The number of carbonyl (C=O) groups excluding carboxylic acids is 3. The molecular formula is C65H122O6. The molecule has 0 radical (unpaired) electrons. The van der Waals surface area contributed by atoms with Crippen LogP contribution in [0.1, 0.15) is 355 Å². The highest BCUT2D eigenvalue weighted by Crippen LogP contribution is 2.17. The highest BCUT2D eigenvalue weighted by Gasteiger charge is 2.19. The summed E-state index contributed by atoms with van der Waals surface area (Å²) in [6.45, 7) is 6.69. The quantitative estimate of drug-likeness (QED) is 0.0261. The van der Waals surface area contributed by atoms with E-state index in [0.717, 1.165) is 57.8 Å². The molecule has 0 aromatic rings. The van der Waals surface area contributed by atoms with Crippen molar-refractivity contribution in [1.29, 1.82) is 0 Å². The molecule has 0 unspecified atom stereocenters. The first-order valence-corrected chi connectivity index (χ1v) is 31.8. The molecule has 0 amide bonds. The summed E-state index contributed by atoms with van der Waals surface area (Å²) in [4.78, 5) is 38.3. The summed E-state index contributed by atoms with van der Waals surface area (Å²) in [7, 11) is 0. The van der Waals surface area contributed by atoms with Crippen molar-refractivity contribution in [2.24, 2.45) is 0 Å². The van der Waals surface area contributed by atoms with Crippen molar-refractivity contribution in [3.8, 4) is 0 Å². The minimum atomic E-state index is -0.768. The Labute approximate surface area is 443 Å². The van der Waals surface area contributed by atoms with Gasteiger partial charge in [0.2, 0.25) is 0 Å². The van der Waals surface area contributed by atoms with Crippen LogP contribution >= 0.6 is 0 Å². The van der Waals surface area contributed by atoms with E-state index in [-0.39, 0.29) is 31.1 Å². The Hall–Kier alpha value is -2.11. The van der Waals surface area contributed by atoms with Crippen molar-refractivity contribution in [3.05, 3.63) is 24.3 Å². The molecule has 6 heteroatoms. The second kappa shape index (κ2) is 60.4. The summed E-state index contributed by atoms with van der Waals surface area (Å²) in [6.07, 6.45) is 71.8. The minimum absolute atomic E-state index is 0.0671. The first kappa shape index (κ1) is 68.9. The second-order valence-corrected chi connectivity index (χ2v) is 21.7. The highest BCUT2D eigenvalue weighted by molar-refractivity contribution is 5.71. The fourth-order valence-corrected chi connectivity index (χ4v) is 9.61. The lowest BCUT2D eigenvalue weighted by molar-refractivity contribution is -0.167. The van der Waals surface area contributed by atoms with Gasteiger partial charge in [0.25, 0.3) is 0 Å². The summed E-state index contributed by atoms with van der Waals surface area (Å²) in [5.41, 5.74) is 0. The molecule has 6 nitrogen and oxygen atoms in total. The van der Waals surface area contributed by atoms with Crippen LogP contribution in [0.5, 0.6) is 0 Å². The molecule has 71 heavy (non-hydrogen) atoms. The molecule has 0 saturated heterocycles. The molecule has 0 aromatic heterocycles. The fourth-order valence-electron chi connectivity index (χ4n) is 9.61. The van der Waals surface area contributed by atoms with Crippen molar-refractivity contribution in [2.75, 3.05) is 13.2 Å². The van der Waals surface area contributed by atoms with Gasteiger partial charge in [0.1, 0.15) is 13.2 Å². The average molecular weight is 1000 g/mol. The van der Waals surface area contributed by atoms with E-state index >= 15 is 0 Å². The number of hydrogen-bond donors (Lipinski definition) is 0. The summed E-state index contributed by atoms with van der Waals surface area (Å²) in [5, 5.41) is 0. The van der Waals surface area contributed by atoms with Gasteiger partial charge in [-0.3, -0.25) is 14.4 Å². The monoisotopic (exact) mass is 999 g/mol. The third-order valence-corrected chi connectivity index (χ3v) is 14.4. The van der Waals surface area contributed by atoms with Gasteiger partial charge < -0.3 is 14.2 Å². The molecule has 0 heterocycles. The van der Waals surface area contributed by atoms with Crippen molar-refractivity contribution in [1.82, 2.24) is 0 Å². The van der Waals surface area contributed by atoms with E-state index in [1.165, 1.54) is 257 Å². The molecule has 0 aliphatic rings. The number of unbranched alkanes of at least 4 members (excludes halogenated alkanes) is 44.